The van der Waals surface area contributed by atoms with Crippen molar-refractivity contribution in [2.45, 2.75) is 12.6 Å². The van der Waals surface area contributed by atoms with E-state index in [1.807, 2.05) is 48.5 Å². The Morgan fingerprint density at radius 1 is 0.913 bits per heavy atom. The maximum absolute atomic E-state index is 10.3. The fourth-order valence-corrected chi connectivity index (χ4v) is 3.26. The maximum atomic E-state index is 10.3. The Balaban J connectivity index is 1.47. The van der Waals surface area contributed by atoms with Gasteiger partial charge in [0.1, 0.15) is 0 Å². The summed E-state index contributed by atoms with van der Waals surface area (Å²) < 4.78 is 0. The summed E-state index contributed by atoms with van der Waals surface area (Å²) in [5.74, 6) is 0. The minimum absolute atomic E-state index is 0.407. The van der Waals surface area contributed by atoms with E-state index in [4.69, 9.17) is 11.6 Å². The van der Waals surface area contributed by atoms with E-state index in [-0.39, 0.29) is 0 Å². The normalized spacial score (nSPS) is 18.0. The van der Waals surface area contributed by atoms with E-state index in [1.54, 1.807) is 0 Å². The largest absolute Gasteiger partial charge is 0.387 e. The van der Waals surface area contributed by atoms with Gasteiger partial charge in [-0.1, -0.05) is 54.1 Å². The Hall–Kier alpha value is -1.39. The van der Waals surface area contributed by atoms with Gasteiger partial charge in [0.05, 0.1) is 6.10 Å². The fourth-order valence-electron chi connectivity index (χ4n) is 3.05. The molecule has 0 radical (unpaired) electrons. The van der Waals surface area contributed by atoms with Gasteiger partial charge in [-0.3, -0.25) is 9.80 Å². The highest BCUT2D eigenvalue weighted by Crippen LogP contribution is 2.17. The van der Waals surface area contributed by atoms with Crippen LogP contribution in [0.2, 0.25) is 5.02 Å². The molecule has 23 heavy (non-hydrogen) atoms. The quantitative estimate of drug-likeness (QED) is 0.912. The lowest BCUT2D eigenvalue weighted by Gasteiger charge is -2.35. The number of aliphatic hydroxyl groups excluding tert-OH is 1. The van der Waals surface area contributed by atoms with E-state index >= 15 is 0 Å². The highest BCUT2D eigenvalue weighted by atomic mass is 35.5. The summed E-state index contributed by atoms with van der Waals surface area (Å²) in [5, 5.41) is 11.1. The van der Waals surface area contributed by atoms with Crippen LogP contribution >= 0.6 is 11.6 Å². The summed E-state index contributed by atoms with van der Waals surface area (Å²) in [4.78, 5) is 4.78. The molecule has 1 atom stereocenters. The first-order chi connectivity index (χ1) is 11.2. The molecule has 1 heterocycles. The lowest BCUT2D eigenvalue weighted by Crippen LogP contribution is -2.47. The van der Waals surface area contributed by atoms with Crippen LogP contribution in [-0.4, -0.2) is 47.6 Å². The van der Waals surface area contributed by atoms with Crippen molar-refractivity contribution < 1.29 is 5.11 Å². The molecule has 0 amide bonds. The van der Waals surface area contributed by atoms with E-state index in [0.717, 1.165) is 43.3 Å². The molecule has 1 aliphatic heterocycles. The van der Waals surface area contributed by atoms with E-state index in [0.29, 0.717) is 6.54 Å². The standard InChI is InChI=1S/C19H23ClN2O/c20-18-8-4-5-16(13-18)14-21-9-11-22(12-10-21)15-19(23)17-6-2-1-3-7-17/h1-8,13,19,23H,9-12,14-15H2. The van der Waals surface area contributed by atoms with Crippen LogP contribution in [0.3, 0.4) is 0 Å². The van der Waals surface area contributed by atoms with E-state index < -0.39 is 6.10 Å². The molecule has 1 unspecified atom stereocenters. The predicted octanol–water partition coefficient (Wildman–Crippen LogP) is 3.19. The van der Waals surface area contributed by atoms with Gasteiger partial charge in [0.25, 0.3) is 0 Å². The van der Waals surface area contributed by atoms with Gasteiger partial charge in [-0.2, -0.15) is 0 Å². The summed E-state index contributed by atoms with van der Waals surface area (Å²) >= 11 is 6.05. The van der Waals surface area contributed by atoms with Gasteiger partial charge in [-0.15, -0.1) is 0 Å². The van der Waals surface area contributed by atoms with Crippen LogP contribution < -0.4 is 0 Å². The molecule has 1 saturated heterocycles. The molecule has 3 rings (SSSR count). The first-order valence-electron chi connectivity index (χ1n) is 8.13. The SMILES string of the molecule is OC(CN1CCN(Cc2cccc(Cl)c2)CC1)c1ccccc1. The lowest BCUT2D eigenvalue weighted by molar-refractivity contribution is 0.0701. The zero-order valence-corrected chi connectivity index (χ0v) is 14.0. The molecular formula is C19H23ClN2O. The van der Waals surface area contributed by atoms with Gasteiger partial charge in [0.2, 0.25) is 0 Å². The lowest BCUT2D eigenvalue weighted by atomic mass is 10.1. The van der Waals surface area contributed by atoms with Crippen molar-refractivity contribution in [1.29, 1.82) is 0 Å². The maximum Gasteiger partial charge on any atom is 0.0916 e. The highest BCUT2D eigenvalue weighted by Gasteiger charge is 2.19. The number of benzene rings is 2. The molecule has 2 aromatic carbocycles. The Morgan fingerprint density at radius 3 is 2.30 bits per heavy atom. The molecule has 1 N–H and O–H groups in total. The number of aliphatic hydroxyl groups is 1. The minimum atomic E-state index is -0.407. The van der Waals surface area contributed by atoms with Crippen molar-refractivity contribution >= 4 is 11.6 Å². The molecule has 1 fully saturated rings. The topological polar surface area (TPSA) is 26.7 Å². The first-order valence-corrected chi connectivity index (χ1v) is 8.51. The van der Waals surface area contributed by atoms with Crippen LogP contribution in [0.5, 0.6) is 0 Å². The van der Waals surface area contributed by atoms with Crippen LogP contribution in [0, 0.1) is 0 Å². The molecule has 0 aromatic heterocycles. The number of piperazine rings is 1. The molecule has 0 bridgehead atoms. The number of halogens is 1. The van der Waals surface area contributed by atoms with Crippen molar-refractivity contribution in [3.05, 3.63) is 70.7 Å². The Bertz CT molecular complexity index is 612. The monoisotopic (exact) mass is 330 g/mol. The summed E-state index contributed by atoms with van der Waals surface area (Å²) in [6.45, 7) is 5.67. The number of hydrogen-bond donors (Lipinski definition) is 1. The summed E-state index contributed by atoms with van der Waals surface area (Å²) in [7, 11) is 0. The van der Waals surface area contributed by atoms with E-state index in [9.17, 15) is 5.11 Å². The van der Waals surface area contributed by atoms with Crippen molar-refractivity contribution in [2.75, 3.05) is 32.7 Å². The van der Waals surface area contributed by atoms with Gasteiger partial charge < -0.3 is 5.11 Å². The second-order valence-corrected chi connectivity index (χ2v) is 6.57. The molecule has 0 spiro atoms. The first kappa shape index (κ1) is 16.5. The predicted molar refractivity (Wildman–Crippen MR) is 94.6 cm³/mol. The molecule has 4 heteroatoms. The van der Waals surface area contributed by atoms with Gasteiger partial charge >= 0.3 is 0 Å². The third kappa shape index (κ3) is 4.79. The third-order valence-corrected chi connectivity index (χ3v) is 4.61. The summed E-state index contributed by atoms with van der Waals surface area (Å²) in [6, 6.07) is 18.0. The second-order valence-electron chi connectivity index (χ2n) is 6.13. The Labute approximate surface area is 143 Å². The molecule has 0 saturated carbocycles. The van der Waals surface area contributed by atoms with Crippen molar-refractivity contribution in [1.82, 2.24) is 9.80 Å². The second kappa shape index (κ2) is 7.93. The summed E-state index contributed by atoms with van der Waals surface area (Å²) in [6.07, 6.45) is -0.407. The molecule has 122 valence electrons. The number of nitrogens with zero attached hydrogens (tertiary/aromatic N) is 2. The smallest absolute Gasteiger partial charge is 0.0916 e. The van der Waals surface area contributed by atoms with Gasteiger partial charge in [-0.05, 0) is 23.3 Å². The summed E-state index contributed by atoms with van der Waals surface area (Å²) in [5.41, 5.74) is 2.25. The molecule has 0 aliphatic carbocycles. The van der Waals surface area contributed by atoms with Crippen LogP contribution in [-0.2, 0) is 6.54 Å². The van der Waals surface area contributed by atoms with Gasteiger partial charge in [-0.25, -0.2) is 0 Å². The fraction of sp³-hybridized carbons (Fsp3) is 0.368. The highest BCUT2D eigenvalue weighted by molar-refractivity contribution is 6.30. The zero-order valence-electron chi connectivity index (χ0n) is 13.2. The Morgan fingerprint density at radius 2 is 1.61 bits per heavy atom. The average molecular weight is 331 g/mol. The number of β-amino-alcohol motifs (C(OH)–C–C–N with tert-alkyl or cyclic N) is 1. The average Bonchev–Trinajstić information content (AvgIpc) is 2.57. The van der Waals surface area contributed by atoms with E-state index in [2.05, 4.69) is 15.9 Å². The van der Waals surface area contributed by atoms with Crippen molar-refractivity contribution in [2.24, 2.45) is 0 Å². The number of hydrogen-bond acceptors (Lipinski definition) is 3. The van der Waals surface area contributed by atoms with Crippen LogP contribution in [0.1, 0.15) is 17.2 Å². The molecule has 1 aliphatic rings. The number of rotatable bonds is 5. The van der Waals surface area contributed by atoms with Crippen molar-refractivity contribution in [3.63, 3.8) is 0 Å². The molecular weight excluding hydrogens is 308 g/mol. The Kier molecular flexibility index (Phi) is 5.68. The van der Waals surface area contributed by atoms with Crippen LogP contribution in [0.25, 0.3) is 0 Å². The third-order valence-electron chi connectivity index (χ3n) is 4.38. The van der Waals surface area contributed by atoms with Gasteiger partial charge in [0, 0.05) is 44.3 Å². The zero-order chi connectivity index (χ0) is 16.1. The van der Waals surface area contributed by atoms with Gasteiger partial charge in [0.15, 0.2) is 0 Å². The van der Waals surface area contributed by atoms with Crippen molar-refractivity contribution in [3.8, 4) is 0 Å². The molecule has 3 nitrogen and oxygen atoms in total. The van der Waals surface area contributed by atoms with E-state index in [1.165, 1.54) is 5.56 Å². The van der Waals surface area contributed by atoms with Crippen LogP contribution in [0.4, 0.5) is 0 Å². The molecule has 2 aromatic rings. The minimum Gasteiger partial charge on any atom is -0.387 e. The van der Waals surface area contributed by atoms with Crippen LogP contribution in [0.15, 0.2) is 54.6 Å².